The first kappa shape index (κ1) is 17.0. The molecule has 0 aliphatic heterocycles. The van der Waals surface area contributed by atoms with Crippen LogP contribution in [0.1, 0.15) is 61.4 Å². The van der Waals surface area contributed by atoms with Crippen molar-refractivity contribution < 1.29 is 10.0 Å². The summed E-state index contributed by atoms with van der Waals surface area (Å²) in [5.74, 6) is 2.50. The highest BCUT2D eigenvalue weighted by atomic mass is 16.5. The Hall–Kier alpha value is -1.39. The maximum absolute atomic E-state index is 11.4. The fraction of sp³-hybridized carbons (Fsp3) is 0.667. The lowest BCUT2D eigenvalue weighted by atomic mass is 9.47. The summed E-state index contributed by atoms with van der Waals surface area (Å²) in [6, 6.07) is 8.15. The van der Waals surface area contributed by atoms with Crippen LogP contribution in [0.15, 0.2) is 24.3 Å². The number of hydroxylamine groups is 1. The van der Waals surface area contributed by atoms with E-state index in [1.807, 2.05) is 12.1 Å². The third kappa shape index (κ3) is 3.11. The van der Waals surface area contributed by atoms with Crippen molar-refractivity contribution in [1.29, 1.82) is 0 Å². The van der Waals surface area contributed by atoms with Gasteiger partial charge in [-0.15, -0.1) is 0 Å². The topological polar surface area (TPSA) is 52.6 Å². The summed E-state index contributed by atoms with van der Waals surface area (Å²) in [7, 11) is 2.25. The van der Waals surface area contributed by atoms with Crippen LogP contribution in [-0.4, -0.2) is 29.1 Å². The normalized spacial score (nSPS) is 34.3. The first-order valence-electron chi connectivity index (χ1n) is 9.73. The highest BCUT2D eigenvalue weighted by Gasteiger charge is 2.53. The molecule has 4 aliphatic rings. The number of nitrogens with zero attached hydrogens (tertiary/aromatic N) is 1. The van der Waals surface area contributed by atoms with Gasteiger partial charge in [0.25, 0.3) is 5.91 Å². The van der Waals surface area contributed by atoms with Crippen molar-refractivity contribution >= 4 is 5.91 Å². The number of nitrogens with one attached hydrogen (secondary N) is 1. The first-order chi connectivity index (χ1) is 12.0. The molecule has 1 aromatic rings. The molecule has 1 amide bonds. The van der Waals surface area contributed by atoms with E-state index in [4.69, 9.17) is 5.21 Å². The van der Waals surface area contributed by atoms with Gasteiger partial charge in [-0.05, 0) is 93.4 Å². The average Bonchev–Trinajstić information content (AvgIpc) is 2.60. The number of carbonyl (C=O) groups excluding carboxylic acids is 1. The molecule has 0 radical (unpaired) electrons. The van der Waals surface area contributed by atoms with E-state index in [0.29, 0.717) is 17.0 Å². The van der Waals surface area contributed by atoms with E-state index in [0.717, 1.165) is 24.3 Å². The lowest BCUT2D eigenvalue weighted by molar-refractivity contribution is -0.0938. The molecule has 136 valence electrons. The minimum absolute atomic E-state index is 0.457. The zero-order chi connectivity index (χ0) is 17.6. The fourth-order valence-electron chi connectivity index (χ4n) is 6.41. The Kier molecular flexibility index (Phi) is 4.37. The van der Waals surface area contributed by atoms with Crippen LogP contribution in [0.4, 0.5) is 0 Å². The number of benzene rings is 1. The molecule has 4 bridgehead atoms. The molecule has 4 saturated carbocycles. The Morgan fingerprint density at radius 3 is 2.16 bits per heavy atom. The third-order valence-corrected chi connectivity index (χ3v) is 7.38. The molecule has 4 heteroatoms. The Labute approximate surface area is 150 Å². The molecule has 0 saturated heterocycles. The summed E-state index contributed by atoms with van der Waals surface area (Å²) in [4.78, 5) is 14.0. The van der Waals surface area contributed by atoms with Crippen molar-refractivity contribution in [2.24, 2.45) is 23.2 Å². The Morgan fingerprint density at radius 1 is 1.16 bits per heavy atom. The van der Waals surface area contributed by atoms with Crippen molar-refractivity contribution in [3.05, 3.63) is 35.4 Å². The van der Waals surface area contributed by atoms with E-state index in [9.17, 15) is 4.79 Å². The fourth-order valence-corrected chi connectivity index (χ4v) is 6.41. The maximum atomic E-state index is 11.4. The second-order valence-corrected chi connectivity index (χ2v) is 9.01. The van der Waals surface area contributed by atoms with Crippen LogP contribution < -0.4 is 5.48 Å². The van der Waals surface area contributed by atoms with Gasteiger partial charge >= 0.3 is 0 Å². The zero-order valence-electron chi connectivity index (χ0n) is 15.4. The highest BCUT2D eigenvalue weighted by Crippen LogP contribution is 2.61. The summed E-state index contributed by atoms with van der Waals surface area (Å²) in [6.45, 7) is 3.34. The number of rotatable bonds is 5. The second kappa shape index (κ2) is 6.40. The molecule has 0 aromatic heterocycles. The van der Waals surface area contributed by atoms with Crippen LogP contribution >= 0.6 is 0 Å². The molecular weight excluding hydrogens is 312 g/mol. The van der Waals surface area contributed by atoms with Gasteiger partial charge in [0.2, 0.25) is 0 Å². The molecule has 4 nitrogen and oxygen atoms in total. The monoisotopic (exact) mass is 342 g/mol. The molecule has 5 rings (SSSR count). The minimum atomic E-state index is -0.457. The average molecular weight is 342 g/mol. The van der Waals surface area contributed by atoms with E-state index >= 15 is 0 Å². The van der Waals surface area contributed by atoms with Gasteiger partial charge in [-0.25, -0.2) is 5.48 Å². The maximum Gasteiger partial charge on any atom is 0.274 e. The molecule has 1 aromatic carbocycles. The van der Waals surface area contributed by atoms with Gasteiger partial charge in [0.05, 0.1) is 0 Å². The van der Waals surface area contributed by atoms with E-state index < -0.39 is 5.91 Å². The smallest absolute Gasteiger partial charge is 0.274 e. The number of hydrogen-bond donors (Lipinski definition) is 2. The van der Waals surface area contributed by atoms with Gasteiger partial charge < -0.3 is 0 Å². The lowest BCUT2D eigenvalue weighted by Gasteiger charge is -2.60. The van der Waals surface area contributed by atoms with Gasteiger partial charge in [-0.3, -0.25) is 14.9 Å². The zero-order valence-corrected chi connectivity index (χ0v) is 15.4. The Balaban J connectivity index is 1.44. The molecule has 4 fully saturated rings. The van der Waals surface area contributed by atoms with Crippen molar-refractivity contribution in [3.63, 3.8) is 0 Å². The molecule has 0 heterocycles. The van der Waals surface area contributed by atoms with E-state index in [1.54, 1.807) is 17.6 Å². The molecule has 25 heavy (non-hydrogen) atoms. The molecule has 2 N–H and O–H groups in total. The van der Waals surface area contributed by atoms with Gasteiger partial charge in [0.1, 0.15) is 0 Å². The number of hydrogen-bond acceptors (Lipinski definition) is 3. The second-order valence-electron chi connectivity index (χ2n) is 9.01. The molecule has 1 unspecified atom stereocenters. The van der Waals surface area contributed by atoms with Crippen molar-refractivity contribution in [2.75, 3.05) is 7.05 Å². The molecule has 0 spiro atoms. The summed E-state index contributed by atoms with van der Waals surface area (Å²) >= 11 is 0. The van der Waals surface area contributed by atoms with Crippen LogP contribution in [0.3, 0.4) is 0 Å². The van der Waals surface area contributed by atoms with Crippen molar-refractivity contribution in [2.45, 2.75) is 58.0 Å². The van der Waals surface area contributed by atoms with Crippen molar-refractivity contribution in [3.8, 4) is 0 Å². The summed E-state index contributed by atoms with van der Waals surface area (Å²) in [5.41, 5.74) is 3.92. The van der Waals surface area contributed by atoms with Crippen LogP contribution in [-0.2, 0) is 6.54 Å². The van der Waals surface area contributed by atoms with E-state index in [-0.39, 0.29) is 0 Å². The first-order valence-corrected chi connectivity index (χ1v) is 9.73. The van der Waals surface area contributed by atoms with Crippen LogP contribution in [0, 0.1) is 23.2 Å². The highest BCUT2D eigenvalue weighted by molar-refractivity contribution is 5.93. The predicted molar refractivity (Wildman–Crippen MR) is 97.2 cm³/mol. The standard InChI is InChI=1S/C21H30N2O2/c1-14(21-10-16-7-17(11-21)9-18(8-16)12-21)23(2)13-15-3-5-19(6-4-15)20(24)22-25/h3-6,14,16-18,25H,7-13H2,1-2H3,(H,22,24). The lowest BCUT2D eigenvalue weighted by Crippen LogP contribution is -2.55. The third-order valence-electron chi connectivity index (χ3n) is 7.38. The predicted octanol–water partition coefficient (Wildman–Crippen LogP) is 3.84. The van der Waals surface area contributed by atoms with Crippen LogP contribution in [0.2, 0.25) is 0 Å². The SMILES string of the molecule is CC(N(C)Cc1ccc(C(=O)NO)cc1)C12CC3CC(CC(C3)C1)C2. The van der Waals surface area contributed by atoms with Gasteiger partial charge in [-0.2, -0.15) is 0 Å². The minimum Gasteiger partial charge on any atom is -0.299 e. The van der Waals surface area contributed by atoms with Crippen LogP contribution in [0.25, 0.3) is 0 Å². The molecule has 4 aliphatic carbocycles. The number of carbonyl (C=O) groups is 1. The van der Waals surface area contributed by atoms with Gasteiger partial charge in [-0.1, -0.05) is 12.1 Å². The van der Waals surface area contributed by atoms with Gasteiger partial charge in [0, 0.05) is 18.2 Å². The molecular formula is C21H30N2O2. The molecule has 1 atom stereocenters. The summed E-state index contributed by atoms with van der Waals surface area (Å²) in [6.07, 6.45) is 8.76. The summed E-state index contributed by atoms with van der Waals surface area (Å²) < 4.78 is 0. The largest absolute Gasteiger partial charge is 0.299 e. The van der Waals surface area contributed by atoms with Crippen LogP contribution in [0.5, 0.6) is 0 Å². The number of amides is 1. The quantitative estimate of drug-likeness (QED) is 0.631. The van der Waals surface area contributed by atoms with E-state index in [2.05, 4.69) is 18.9 Å². The Morgan fingerprint density at radius 2 is 1.68 bits per heavy atom. The summed E-state index contributed by atoms with van der Waals surface area (Å²) in [5, 5.41) is 8.72. The Bertz CT molecular complexity index is 605. The van der Waals surface area contributed by atoms with Crippen molar-refractivity contribution in [1.82, 2.24) is 10.4 Å². The van der Waals surface area contributed by atoms with Gasteiger partial charge in [0.15, 0.2) is 0 Å². The van der Waals surface area contributed by atoms with E-state index in [1.165, 1.54) is 44.1 Å².